The van der Waals surface area contributed by atoms with Gasteiger partial charge >= 0.3 is 6.18 Å². The summed E-state index contributed by atoms with van der Waals surface area (Å²) < 4.78 is 54.6. The molecule has 0 saturated carbocycles. The van der Waals surface area contributed by atoms with Crippen LogP contribution in [0.2, 0.25) is 0 Å². The first-order chi connectivity index (χ1) is 13.2. The number of nitrogens with zero attached hydrogens (tertiary/aromatic N) is 4. The summed E-state index contributed by atoms with van der Waals surface area (Å²) in [5.41, 5.74) is -1.82. The van der Waals surface area contributed by atoms with Gasteiger partial charge in [-0.2, -0.15) is 13.2 Å². The van der Waals surface area contributed by atoms with Crippen LogP contribution in [0.5, 0.6) is 0 Å². The van der Waals surface area contributed by atoms with Gasteiger partial charge in [-0.3, -0.25) is 4.79 Å². The van der Waals surface area contributed by atoms with Gasteiger partial charge < -0.3 is 4.90 Å². The van der Waals surface area contributed by atoms with E-state index in [1.165, 1.54) is 18.8 Å². The molecule has 0 atom stereocenters. The van der Waals surface area contributed by atoms with E-state index in [-0.39, 0.29) is 5.69 Å². The fraction of sp³-hybridized carbons (Fsp3) is 0.167. The molecular weight excluding hydrogens is 396 g/mol. The van der Waals surface area contributed by atoms with Gasteiger partial charge in [-0.1, -0.05) is 5.21 Å². The molecule has 0 unspecified atom stereocenters. The van der Waals surface area contributed by atoms with Gasteiger partial charge in [0.25, 0.3) is 5.91 Å². The topological polar surface area (TPSA) is 51.0 Å². The van der Waals surface area contributed by atoms with Crippen LogP contribution in [-0.2, 0) is 6.18 Å². The summed E-state index contributed by atoms with van der Waals surface area (Å²) in [4.78, 5) is 14.7. The lowest BCUT2D eigenvalue weighted by molar-refractivity contribution is -0.143. The van der Waals surface area contributed by atoms with E-state index in [1.807, 2.05) is 6.26 Å². The number of hydrogen-bond acceptors (Lipinski definition) is 4. The van der Waals surface area contributed by atoms with Crippen LogP contribution in [0.1, 0.15) is 16.2 Å². The Kier molecular flexibility index (Phi) is 5.41. The molecule has 10 heteroatoms. The Morgan fingerprint density at radius 2 is 1.68 bits per heavy atom. The lowest BCUT2D eigenvalue weighted by Gasteiger charge is -2.18. The van der Waals surface area contributed by atoms with E-state index in [1.54, 1.807) is 24.3 Å². The van der Waals surface area contributed by atoms with Gasteiger partial charge in [-0.15, -0.1) is 16.9 Å². The van der Waals surface area contributed by atoms with E-state index >= 15 is 0 Å². The van der Waals surface area contributed by atoms with Gasteiger partial charge in [0.1, 0.15) is 5.82 Å². The zero-order valence-electron chi connectivity index (χ0n) is 14.7. The summed E-state index contributed by atoms with van der Waals surface area (Å²) in [6.07, 6.45) is -3.01. The van der Waals surface area contributed by atoms with Gasteiger partial charge in [-0.25, -0.2) is 9.07 Å². The molecule has 1 heterocycles. The Morgan fingerprint density at radius 1 is 1.07 bits per heavy atom. The molecule has 0 aliphatic rings. The summed E-state index contributed by atoms with van der Waals surface area (Å²) in [7, 11) is 1.35. The zero-order valence-corrected chi connectivity index (χ0v) is 15.6. The van der Waals surface area contributed by atoms with E-state index < -0.39 is 29.3 Å². The molecule has 1 amide bonds. The molecule has 0 aliphatic carbocycles. The average Bonchev–Trinajstić information content (AvgIpc) is 3.13. The second-order valence-electron chi connectivity index (χ2n) is 5.73. The number of hydrogen-bond donors (Lipinski definition) is 0. The van der Waals surface area contributed by atoms with E-state index in [2.05, 4.69) is 10.3 Å². The van der Waals surface area contributed by atoms with Gasteiger partial charge in [0.2, 0.25) is 0 Å². The number of carbonyl (C=O) groups excluding carboxylic acids is 1. The lowest BCUT2D eigenvalue weighted by atomic mass is 10.2. The maximum absolute atomic E-state index is 13.7. The third-order valence-corrected chi connectivity index (χ3v) is 4.72. The van der Waals surface area contributed by atoms with Crippen LogP contribution in [0.25, 0.3) is 5.69 Å². The summed E-state index contributed by atoms with van der Waals surface area (Å²) >= 11 is 1.50. The largest absolute Gasteiger partial charge is 0.435 e. The van der Waals surface area contributed by atoms with Crippen LogP contribution in [-0.4, -0.2) is 34.2 Å². The van der Waals surface area contributed by atoms with Gasteiger partial charge in [0, 0.05) is 17.6 Å². The first-order valence-electron chi connectivity index (χ1n) is 7.93. The van der Waals surface area contributed by atoms with Crippen molar-refractivity contribution in [2.45, 2.75) is 11.1 Å². The molecule has 0 spiro atoms. The second-order valence-corrected chi connectivity index (χ2v) is 6.61. The number of thioether (sulfide) groups is 1. The van der Waals surface area contributed by atoms with Gasteiger partial charge in [-0.05, 0) is 54.8 Å². The number of rotatable bonds is 4. The number of aromatic nitrogens is 3. The minimum atomic E-state index is -4.90. The molecule has 3 aromatic rings. The highest BCUT2D eigenvalue weighted by Gasteiger charge is 2.42. The standard InChI is InChI=1S/C18H14F4N4OS/c1-25(12-7-9-14(28-2)10-8-12)17(27)15-16(18(20,21)22)26(24-23-15)13-5-3-11(19)4-6-13/h3-10H,1-2H3. The van der Waals surface area contributed by atoms with Crippen molar-refractivity contribution in [2.75, 3.05) is 18.2 Å². The molecule has 2 aromatic carbocycles. The number of benzene rings is 2. The van der Waals surface area contributed by atoms with Crippen molar-refractivity contribution in [3.05, 3.63) is 65.7 Å². The smallest absolute Gasteiger partial charge is 0.310 e. The van der Waals surface area contributed by atoms with Crippen molar-refractivity contribution in [1.82, 2.24) is 15.0 Å². The predicted octanol–water partition coefficient (Wildman–Crippen LogP) is 4.42. The number of carbonyl (C=O) groups is 1. The predicted molar refractivity (Wildman–Crippen MR) is 97.3 cm³/mol. The van der Waals surface area contributed by atoms with E-state index in [0.29, 0.717) is 10.4 Å². The molecular formula is C18H14F4N4OS. The van der Waals surface area contributed by atoms with Crippen molar-refractivity contribution in [1.29, 1.82) is 0 Å². The highest BCUT2D eigenvalue weighted by Crippen LogP contribution is 2.33. The fourth-order valence-electron chi connectivity index (χ4n) is 2.53. The van der Waals surface area contributed by atoms with Crippen LogP contribution in [0.3, 0.4) is 0 Å². The van der Waals surface area contributed by atoms with Crippen LogP contribution >= 0.6 is 11.8 Å². The zero-order chi connectivity index (χ0) is 20.5. The Labute approximate surface area is 162 Å². The van der Waals surface area contributed by atoms with Crippen molar-refractivity contribution in [3.63, 3.8) is 0 Å². The minimum absolute atomic E-state index is 0.0627. The van der Waals surface area contributed by atoms with Crippen LogP contribution in [0.15, 0.2) is 53.4 Å². The molecule has 0 N–H and O–H groups in total. The molecule has 0 saturated heterocycles. The van der Waals surface area contributed by atoms with Crippen LogP contribution in [0.4, 0.5) is 23.2 Å². The normalized spacial score (nSPS) is 11.5. The Bertz CT molecular complexity index is 984. The fourth-order valence-corrected chi connectivity index (χ4v) is 2.93. The average molecular weight is 410 g/mol. The lowest BCUT2D eigenvalue weighted by Crippen LogP contribution is -2.29. The number of anilines is 1. The van der Waals surface area contributed by atoms with Gasteiger partial charge in [0.05, 0.1) is 5.69 Å². The van der Waals surface area contributed by atoms with E-state index in [0.717, 1.165) is 34.1 Å². The molecule has 0 radical (unpaired) electrons. The summed E-state index contributed by atoms with van der Waals surface area (Å²) in [5.74, 6) is -1.57. The molecule has 146 valence electrons. The minimum Gasteiger partial charge on any atom is -0.310 e. The number of alkyl halides is 3. The van der Waals surface area contributed by atoms with Crippen molar-refractivity contribution in [2.24, 2.45) is 0 Å². The molecule has 0 aliphatic heterocycles. The summed E-state index contributed by atoms with van der Waals surface area (Å²) in [6.45, 7) is 0. The quantitative estimate of drug-likeness (QED) is 0.472. The molecule has 0 fully saturated rings. The maximum atomic E-state index is 13.7. The molecule has 5 nitrogen and oxygen atoms in total. The van der Waals surface area contributed by atoms with Crippen LogP contribution in [0, 0.1) is 5.82 Å². The summed E-state index contributed by atoms with van der Waals surface area (Å²) in [5, 5.41) is 6.95. The Balaban J connectivity index is 2.03. The SMILES string of the molecule is CSc1ccc(N(C)C(=O)c2nnn(-c3ccc(F)cc3)c2C(F)(F)F)cc1. The summed E-state index contributed by atoms with van der Waals surface area (Å²) in [6, 6.07) is 11.0. The number of halogens is 4. The highest BCUT2D eigenvalue weighted by molar-refractivity contribution is 7.98. The second kappa shape index (κ2) is 7.63. The Hall–Kier alpha value is -2.88. The third kappa shape index (κ3) is 3.86. The first-order valence-corrected chi connectivity index (χ1v) is 9.16. The molecule has 3 rings (SSSR count). The molecule has 28 heavy (non-hydrogen) atoms. The monoisotopic (exact) mass is 410 g/mol. The van der Waals surface area contributed by atoms with Crippen molar-refractivity contribution in [3.8, 4) is 5.69 Å². The van der Waals surface area contributed by atoms with E-state index in [4.69, 9.17) is 0 Å². The Morgan fingerprint density at radius 3 is 2.21 bits per heavy atom. The first kappa shape index (κ1) is 19.9. The van der Waals surface area contributed by atoms with Gasteiger partial charge in [0.15, 0.2) is 11.4 Å². The maximum Gasteiger partial charge on any atom is 0.435 e. The van der Waals surface area contributed by atoms with E-state index in [9.17, 15) is 22.4 Å². The number of amides is 1. The highest BCUT2D eigenvalue weighted by atomic mass is 32.2. The van der Waals surface area contributed by atoms with Crippen molar-refractivity contribution >= 4 is 23.4 Å². The molecule has 0 bridgehead atoms. The molecule has 1 aromatic heterocycles. The third-order valence-electron chi connectivity index (χ3n) is 3.98. The van der Waals surface area contributed by atoms with Crippen molar-refractivity contribution < 1.29 is 22.4 Å². The van der Waals surface area contributed by atoms with Crippen LogP contribution < -0.4 is 4.90 Å².